The zero-order valence-electron chi connectivity index (χ0n) is 12.8. The van der Waals surface area contributed by atoms with Crippen LogP contribution in [0.15, 0.2) is 18.2 Å². The van der Waals surface area contributed by atoms with Crippen LogP contribution in [0.4, 0.5) is 11.4 Å². The number of piperidine rings is 1. The number of hydrogen-bond donors (Lipinski definition) is 0. The Morgan fingerprint density at radius 3 is 2.64 bits per heavy atom. The number of anilines is 1. The normalized spacial score (nSPS) is 15.5. The van der Waals surface area contributed by atoms with Crippen molar-refractivity contribution in [2.75, 3.05) is 31.7 Å². The second-order valence-electron chi connectivity index (χ2n) is 5.13. The number of benzene rings is 1. The third-order valence-corrected chi connectivity index (χ3v) is 3.83. The van der Waals surface area contributed by atoms with Crippen molar-refractivity contribution < 1.29 is 19.2 Å². The molecule has 1 aliphatic heterocycles. The number of esters is 1. The molecule has 0 unspecified atom stereocenters. The average Bonchev–Trinajstić information content (AvgIpc) is 2.54. The van der Waals surface area contributed by atoms with Crippen LogP contribution in [0, 0.1) is 16.0 Å². The highest BCUT2D eigenvalue weighted by molar-refractivity contribution is 5.73. The van der Waals surface area contributed by atoms with Crippen molar-refractivity contribution in [2.24, 2.45) is 5.92 Å². The van der Waals surface area contributed by atoms with Gasteiger partial charge in [-0.05, 0) is 31.9 Å². The summed E-state index contributed by atoms with van der Waals surface area (Å²) in [5.41, 5.74) is 0.585. The predicted octanol–water partition coefficient (Wildman–Crippen LogP) is 2.38. The highest BCUT2D eigenvalue weighted by atomic mass is 16.6. The summed E-state index contributed by atoms with van der Waals surface area (Å²) in [5.74, 6) is 0.164. The fourth-order valence-electron chi connectivity index (χ4n) is 2.66. The topological polar surface area (TPSA) is 81.9 Å². The Morgan fingerprint density at radius 2 is 2.09 bits per heavy atom. The Balaban J connectivity index is 2.11. The van der Waals surface area contributed by atoms with E-state index in [1.807, 2.05) is 4.90 Å². The Bertz CT molecular complexity index is 553. The van der Waals surface area contributed by atoms with Crippen molar-refractivity contribution >= 4 is 17.3 Å². The number of nitrogens with zero attached hydrogens (tertiary/aromatic N) is 2. The van der Waals surface area contributed by atoms with Crippen molar-refractivity contribution in [3.63, 3.8) is 0 Å². The molecule has 120 valence electrons. The first-order valence-electron chi connectivity index (χ1n) is 7.30. The van der Waals surface area contributed by atoms with E-state index in [0.29, 0.717) is 44.0 Å². The molecule has 1 aliphatic rings. The van der Waals surface area contributed by atoms with Gasteiger partial charge in [0.05, 0.1) is 30.6 Å². The summed E-state index contributed by atoms with van der Waals surface area (Å²) in [6, 6.07) is 4.83. The summed E-state index contributed by atoms with van der Waals surface area (Å²) in [6.45, 7) is 3.35. The Labute approximate surface area is 129 Å². The SMILES string of the molecule is CCOC(=O)C1CCN(c2ccc(OC)cc2[N+](=O)[O-])CC1. The molecule has 1 saturated heterocycles. The van der Waals surface area contributed by atoms with Gasteiger partial charge in [-0.1, -0.05) is 0 Å². The monoisotopic (exact) mass is 308 g/mol. The zero-order chi connectivity index (χ0) is 16.1. The summed E-state index contributed by atoms with van der Waals surface area (Å²) in [5, 5.41) is 11.2. The number of rotatable bonds is 5. The maximum atomic E-state index is 11.7. The van der Waals surface area contributed by atoms with Gasteiger partial charge in [0.25, 0.3) is 5.69 Å². The van der Waals surface area contributed by atoms with Crippen LogP contribution in [-0.2, 0) is 9.53 Å². The van der Waals surface area contributed by atoms with E-state index in [-0.39, 0.29) is 17.6 Å². The lowest BCUT2D eigenvalue weighted by molar-refractivity contribution is -0.384. The highest BCUT2D eigenvalue weighted by Gasteiger charge is 2.29. The Hall–Kier alpha value is -2.31. The van der Waals surface area contributed by atoms with Gasteiger partial charge in [-0.15, -0.1) is 0 Å². The van der Waals surface area contributed by atoms with Crippen LogP contribution in [0.1, 0.15) is 19.8 Å². The number of carbonyl (C=O) groups is 1. The molecular weight excluding hydrogens is 288 g/mol. The van der Waals surface area contributed by atoms with Gasteiger partial charge in [-0.25, -0.2) is 0 Å². The first-order valence-corrected chi connectivity index (χ1v) is 7.30. The van der Waals surface area contributed by atoms with Crippen molar-refractivity contribution in [1.29, 1.82) is 0 Å². The molecule has 1 heterocycles. The fourth-order valence-corrected chi connectivity index (χ4v) is 2.66. The largest absolute Gasteiger partial charge is 0.496 e. The zero-order valence-corrected chi connectivity index (χ0v) is 12.8. The molecule has 2 rings (SSSR count). The minimum absolute atomic E-state index is 0.0222. The molecular formula is C15H20N2O5. The maximum absolute atomic E-state index is 11.7. The van der Waals surface area contributed by atoms with E-state index in [2.05, 4.69) is 0 Å². The fraction of sp³-hybridized carbons (Fsp3) is 0.533. The Morgan fingerprint density at radius 1 is 1.41 bits per heavy atom. The first kappa shape index (κ1) is 16.1. The van der Waals surface area contributed by atoms with Crippen molar-refractivity contribution in [2.45, 2.75) is 19.8 Å². The molecule has 0 amide bonds. The van der Waals surface area contributed by atoms with Gasteiger partial charge in [0.1, 0.15) is 11.4 Å². The molecule has 0 bridgehead atoms. The van der Waals surface area contributed by atoms with E-state index in [1.165, 1.54) is 13.2 Å². The lowest BCUT2D eigenvalue weighted by Crippen LogP contribution is -2.37. The van der Waals surface area contributed by atoms with E-state index in [0.717, 1.165) is 0 Å². The summed E-state index contributed by atoms with van der Waals surface area (Å²) in [6.07, 6.45) is 1.28. The van der Waals surface area contributed by atoms with Gasteiger partial charge in [0.2, 0.25) is 0 Å². The second-order valence-corrected chi connectivity index (χ2v) is 5.13. The average molecular weight is 308 g/mol. The molecule has 22 heavy (non-hydrogen) atoms. The number of nitro benzene ring substituents is 1. The van der Waals surface area contributed by atoms with Crippen molar-refractivity contribution in [3.05, 3.63) is 28.3 Å². The van der Waals surface area contributed by atoms with Gasteiger partial charge < -0.3 is 14.4 Å². The molecule has 1 fully saturated rings. The molecule has 1 aromatic carbocycles. The number of ether oxygens (including phenoxy) is 2. The number of nitro groups is 1. The second kappa shape index (κ2) is 7.11. The van der Waals surface area contributed by atoms with Crippen LogP contribution >= 0.6 is 0 Å². The van der Waals surface area contributed by atoms with E-state index >= 15 is 0 Å². The highest BCUT2D eigenvalue weighted by Crippen LogP contribution is 2.34. The van der Waals surface area contributed by atoms with Crippen LogP contribution in [0.3, 0.4) is 0 Å². The van der Waals surface area contributed by atoms with Crippen molar-refractivity contribution in [1.82, 2.24) is 0 Å². The van der Waals surface area contributed by atoms with Crippen molar-refractivity contribution in [3.8, 4) is 5.75 Å². The first-order chi connectivity index (χ1) is 10.6. The molecule has 0 aromatic heterocycles. The van der Waals surface area contributed by atoms with E-state index in [1.54, 1.807) is 19.1 Å². The molecule has 0 radical (unpaired) electrons. The molecule has 0 spiro atoms. The van der Waals surface area contributed by atoms with E-state index in [4.69, 9.17) is 9.47 Å². The summed E-state index contributed by atoms with van der Waals surface area (Å²) >= 11 is 0. The number of hydrogen-bond acceptors (Lipinski definition) is 6. The quantitative estimate of drug-likeness (QED) is 0.472. The van der Waals surface area contributed by atoms with Gasteiger partial charge in [-0.2, -0.15) is 0 Å². The summed E-state index contributed by atoms with van der Waals surface area (Å²) in [4.78, 5) is 24.5. The molecule has 0 atom stereocenters. The molecule has 7 nitrogen and oxygen atoms in total. The third-order valence-electron chi connectivity index (χ3n) is 3.83. The minimum atomic E-state index is -0.407. The van der Waals surface area contributed by atoms with Crippen LogP contribution < -0.4 is 9.64 Å². The molecule has 0 aliphatic carbocycles. The van der Waals surface area contributed by atoms with E-state index < -0.39 is 4.92 Å². The van der Waals surface area contributed by atoms with Crippen LogP contribution in [-0.4, -0.2) is 37.7 Å². The smallest absolute Gasteiger partial charge is 0.309 e. The molecule has 7 heteroatoms. The molecule has 0 N–H and O–H groups in total. The standard InChI is InChI=1S/C15H20N2O5/c1-3-22-15(18)11-6-8-16(9-7-11)13-5-4-12(21-2)10-14(13)17(19)20/h4-5,10-11H,3,6-9H2,1-2H3. The maximum Gasteiger partial charge on any atom is 0.309 e. The van der Waals surface area contributed by atoms with Gasteiger partial charge in [0, 0.05) is 13.1 Å². The lowest BCUT2D eigenvalue weighted by atomic mass is 9.96. The Kier molecular flexibility index (Phi) is 5.19. The van der Waals surface area contributed by atoms with Crippen LogP contribution in [0.2, 0.25) is 0 Å². The molecule has 1 aromatic rings. The third kappa shape index (κ3) is 3.47. The minimum Gasteiger partial charge on any atom is -0.496 e. The van der Waals surface area contributed by atoms with Gasteiger partial charge in [0.15, 0.2) is 0 Å². The number of methoxy groups -OCH3 is 1. The number of carbonyl (C=O) groups excluding carboxylic acids is 1. The summed E-state index contributed by atoms with van der Waals surface area (Å²) < 4.78 is 10.1. The van der Waals surface area contributed by atoms with Gasteiger partial charge in [-0.3, -0.25) is 14.9 Å². The lowest BCUT2D eigenvalue weighted by Gasteiger charge is -2.32. The molecule has 0 saturated carbocycles. The predicted molar refractivity (Wildman–Crippen MR) is 81.2 cm³/mol. The summed E-state index contributed by atoms with van der Waals surface area (Å²) in [7, 11) is 1.48. The van der Waals surface area contributed by atoms with Crippen LogP contribution in [0.5, 0.6) is 5.75 Å². The van der Waals surface area contributed by atoms with E-state index in [9.17, 15) is 14.9 Å². The van der Waals surface area contributed by atoms with Crippen LogP contribution in [0.25, 0.3) is 0 Å². The van der Waals surface area contributed by atoms with Gasteiger partial charge >= 0.3 is 5.97 Å².